The van der Waals surface area contributed by atoms with Gasteiger partial charge in [0.1, 0.15) is 0 Å². The first-order valence-electron chi connectivity index (χ1n) is 9.55. The van der Waals surface area contributed by atoms with Crippen molar-refractivity contribution in [2.24, 2.45) is 4.99 Å². The summed E-state index contributed by atoms with van der Waals surface area (Å²) in [6.07, 6.45) is 0.877. The summed E-state index contributed by atoms with van der Waals surface area (Å²) in [5.74, 6) is 2.23. The van der Waals surface area contributed by atoms with Gasteiger partial charge in [-0.25, -0.2) is 9.98 Å². The van der Waals surface area contributed by atoms with Crippen LogP contribution in [0.3, 0.4) is 0 Å². The molecule has 0 saturated carbocycles. The quantitative estimate of drug-likeness (QED) is 0.300. The monoisotopic (exact) mass is 532 g/mol. The third-order valence-electron chi connectivity index (χ3n) is 4.16. The van der Waals surface area contributed by atoms with Gasteiger partial charge in [-0.05, 0) is 24.6 Å². The Morgan fingerprint density at radius 1 is 1.14 bits per heavy atom. The molecule has 0 aliphatic carbocycles. The zero-order valence-corrected chi connectivity index (χ0v) is 21.3. The molecule has 162 valence electrons. The summed E-state index contributed by atoms with van der Waals surface area (Å²) in [6.45, 7) is 10.8. The molecule has 2 rings (SSSR count). The van der Waals surface area contributed by atoms with Crippen LogP contribution in [-0.2, 0) is 18.4 Å². The number of ether oxygens (including phenoxy) is 2. The highest BCUT2D eigenvalue weighted by atomic mass is 127. The predicted molar refractivity (Wildman–Crippen MR) is 132 cm³/mol. The second-order valence-electron chi connectivity index (χ2n) is 7.44. The molecule has 1 heterocycles. The van der Waals surface area contributed by atoms with Gasteiger partial charge in [0.25, 0.3) is 0 Å². The van der Waals surface area contributed by atoms with Crippen molar-refractivity contribution in [2.45, 2.75) is 46.1 Å². The van der Waals surface area contributed by atoms with Gasteiger partial charge in [0.05, 0.1) is 31.5 Å². The summed E-state index contributed by atoms with van der Waals surface area (Å²) in [7, 11) is 3.27. The van der Waals surface area contributed by atoms with Gasteiger partial charge in [0, 0.05) is 30.3 Å². The third kappa shape index (κ3) is 8.00. The van der Waals surface area contributed by atoms with Crippen LogP contribution in [0.2, 0.25) is 0 Å². The van der Waals surface area contributed by atoms with Crippen molar-refractivity contribution in [1.29, 1.82) is 0 Å². The third-order valence-corrected chi connectivity index (χ3v) is 5.07. The van der Waals surface area contributed by atoms with Crippen LogP contribution < -0.4 is 20.1 Å². The van der Waals surface area contributed by atoms with Crippen molar-refractivity contribution < 1.29 is 9.47 Å². The van der Waals surface area contributed by atoms with E-state index in [0.717, 1.165) is 47.5 Å². The molecule has 0 bridgehead atoms. The minimum atomic E-state index is 0. The lowest BCUT2D eigenvalue weighted by atomic mass is 9.93. The van der Waals surface area contributed by atoms with E-state index in [4.69, 9.17) is 14.5 Å². The lowest BCUT2D eigenvalue weighted by molar-refractivity contribution is 0.354. The SMILES string of the molecule is CCNC(=NCc1ccc(OC)c(OC)c1)NCCc1nc(C(C)(C)C)cs1.I. The van der Waals surface area contributed by atoms with Crippen molar-refractivity contribution in [3.8, 4) is 11.5 Å². The second kappa shape index (κ2) is 12.2. The Kier molecular flexibility index (Phi) is 10.7. The number of halogens is 1. The summed E-state index contributed by atoms with van der Waals surface area (Å²) in [5.41, 5.74) is 2.31. The average molecular weight is 532 g/mol. The number of benzene rings is 1. The average Bonchev–Trinajstić information content (AvgIpc) is 3.15. The Labute approximate surface area is 195 Å². The van der Waals surface area contributed by atoms with E-state index in [-0.39, 0.29) is 29.4 Å². The van der Waals surface area contributed by atoms with Crippen molar-refractivity contribution in [2.75, 3.05) is 27.3 Å². The molecule has 0 unspecified atom stereocenters. The van der Waals surface area contributed by atoms with E-state index in [1.807, 2.05) is 18.2 Å². The van der Waals surface area contributed by atoms with E-state index in [0.29, 0.717) is 12.3 Å². The van der Waals surface area contributed by atoms with Gasteiger partial charge in [-0.15, -0.1) is 35.3 Å². The minimum absolute atomic E-state index is 0. The highest BCUT2D eigenvalue weighted by Gasteiger charge is 2.17. The summed E-state index contributed by atoms with van der Waals surface area (Å²) >= 11 is 1.72. The van der Waals surface area contributed by atoms with Gasteiger partial charge >= 0.3 is 0 Å². The van der Waals surface area contributed by atoms with E-state index in [1.54, 1.807) is 25.6 Å². The number of rotatable bonds is 8. The first-order valence-corrected chi connectivity index (χ1v) is 10.4. The number of thiazole rings is 1. The van der Waals surface area contributed by atoms with E-state index in [2.05, 4.69) is 48.7 Å². The molecular weight excluding hydrogens is 499 g/mol. The van der Waals surface area contributed by atoms with Crippen molar-refractivity contribution in [3.63, 3.8) is 0 Å². The van der Waals surface area contributed by atoms with Crippen molar-refractivity contribution in [3.05, 3.63) is 39.8 Å². The Bertz CT molecular complexity index is 787. The van der Waals surface area contributed by atoms with Crippen LogP contribution in [0.25, 0.3) is 0 Å². The van der Waals surface area contributed by atoms with Gasteiger partial charge in [-0.1, -0.05) is 26.8 Å². The molecule has 2 aromatic rings. The zero-order chi connectivity index (χ0) is 20.6. The second-order valence-corrected chi connectivity index (χ2v) is 8.38. The van der Waals surface area contributed by atoms with Gasteiger partial charge in [0.2, 0.25) is 0 Å². The fourth-order valence-corrected chi connectivity index (χ4v) is 3.57. The Balaban J connectivity index is 0.00000420. The zero-order valence-electron chi connectivity index (χ0n) is 18.2. The number of hydrogen-bond donors (Lipinski definition) is 2. The number of hydrogen-bond acceptors (Lipinski definition) is 5. The van der Waals surface area contributed by atoms with Gasteiger partial charge < -0.3 is 20.1 Å². The van der Waals surface area contributed by atoms with E-state index < -0.39 is 0 Å². The lowest BCUT2D eigenvalue weighted by Crippen LogP contribution is -2.38. The summed E-state index contributed by atoms with van der Waals surface area (Å²) in [5, 5.41) is 9.98. The molecule has 0 fully saturated rings. The van der Waals surface area contributed by atoms with Crippen LogP contribution in [0.15, 0.2) is 28.6 Å². The summed E-state index contributed by atoms with van der Waals surface area (Å²) in [6, 6.07) is 5.85. The molecule has 0 radical (unpaired) electrons. The number of aromatic nitrogens is 1. The van der Waals surface area contributed by atoms with Crippen LogP contribution in [0.4, 0.5) is 0 Å². The number of methoxy groups -OCH3 is 2. The molecule has 0 atom stereocenters. The largest absolute Gasteiger partial charge is 0.493 e. The van der Waals surface area contributed by atoms with Crippen LogP contribution in [0.1, 0.15) is 44.0 Å². The molecule has 1 aromatic carbocycles. The molecule has 0 saturated heterocycles. The maximum atomic E-state index is 5.36. The highest BCUT2D eigenvalue weighted by molar-refractivity contribution is 14.0. The summed E-state index contributed by atoms with van der Waals surface area (Å²) < 4.78 is 10.6. The molecule has 0 amide bonds. The predicted octanol–water partition coefficient (Wildman–Crippen LogP) is 4.37. The Morgan fingerprint density at radius 3 is 2.45 bits per heavy atom. The molecule has 0 spiro atoms. The molecule has 0 aliphatic heterocycles. The number of guanidine groups is 1. The molecule has 29 heavy (non-hydrogen) atoms. The van der Waals surface area contributed by atoms with E-state index in [1.165, 1.54) is 0 Å². The van der Waals surface area contributed by atoms with E-state index >= 15 is 0 Å². The smallest absolute Gasteiger partial charge is 0.191 e. The molecular formula is C21H33IN4O2S. The molecule has 6 nitrogen and oxygen atoms in total. The van der Waals surface area contributed by atoms with Crippen molar-refractivity contribution >= 4 is 41.3 Å². The first-order chi connectivity index (χ1) is 13.4. The molecule has 0 aliphatic rings. The van der Waals surface area contributed by atoms with Gasteiger partial charge in [-0.3, -0.25) is 0 Å². The summed E-state index contributed by atoms with van der Waals surface area (Å²) in [4.78, 5) is 9.42. The number of nitrogens with one attached hydrogen (secondary N) is 2. The topological polar surface area (TPSA) is 67.8 Å². The standard InChI is InChI=1S/C21H32N4O2S.HI/c1-7-22-20(23-11-10-19-25-18(14-28-19)21(2,3)4)24-13-15-8-9-16(26-5)17(12-15)27-6;/h8-9,12,14H,7,10-11,13H2,1-6H3,(H2,22,23,24);1H. The van der Waals surface area contributed by atoms with E-state index in [9.17, 15) is 0 Å². The molecule has 8 heteroatoms. The van der Waals surface area contributed by atoms with Crippen molar-refractivity contribution in [1.82, 2.24) is 15.6 Å². The Morgan fingerprint density at radius 2 is 1.86 bits per heavy atom. The maximum absolute atomic E-state index is 5.36. The van der Waals surface area contributed by atoms with Crippen LogP contribution in [0.5, 0.6) is 11.5 Å². The highest BCUT2D eigenvalue weighted by Crippen LogP contribution is 2.27. The molecule has 1 aromatic heterocycles. The van der Waals surface area contributed by atoms with Gasteiger partial charge in [0.15, 0.2) is 17.5 Å². The number of nitrogens with zero attached hydrogens (tertiary/aromatic N) is 2. The van der Waals surface area contributed by atoms with Crippen LogP contribution in [0, 0.1) is 0 Å². The number of aliphatic imine (C=N–C) groups is 1. The first kappa shape index (κ1) is 25.5. The Hall–Kier alpha value is -1.55. The normalized spacial score (nSPS) is 11.6. The fraction of sp³-hybridized carbons (Fsp3) is 0.524. The van der Waals surface area contributed by atoms with Crippen LogP contribution >= 0.6 is 35.3 Å². The van der Waals surface area contributed by atoms with Crippen LogP contribution in [-0.4, -0.2) is 38.3 Å². The lowest BCUT2D eigenvalue weighted by Gasteiger charge is -2.14. The van der Waals surface area contributed by atoms with Gasteiger partial charge in [-0.2, -0.15) is 0 Å². The fourth-order valence-electron chi connectivity index (χ4n) is 2.55. The minimum Gasteiger partial charge on any atom is -0.493 e. The maximum Gasteiger partial charge on any atom is 0.191 e. The molecule has 2 N–H and O–H groups in total.